The van der Waals surface area contributed by atoms with Gasteiger partial charge < -0.3 is 19.5 Å². The van der Waals surface area contributed by atoms with Crippen LogP contribution in [0.5, 0.6) is 0 Å². The van der Waals surface area contributed by atoms with E-state index in [2.05, 4.69) is 0 Å². The highest BCUT2D eigenvalue weighted by molar-refractivity contribution is 5.84. The quantitative estimate of drug-likeness (QED) is 0.794. The minimum Gasteiger partial charge on any atom is -0.480 e. The maximum Gasteiger partial charge on any atom is 0.326 e. The molecule has 2 heterocycles. The smallest absolute Gasteiger partial charge is 0.326 e. The lowest BCUT2D eigenvalue weighted by Crippen LogP contribution is -2.49. The molecule has 2 aliphatic heterocycles. The van der Waals surface area contributed by atoms with E-state index in [1.54, 1.807) is 0 Å². The van der Waals surface area contributed by atoms with E-state index in [1.165, 1.54) is 4.90 Å². The van der Waals surface area contributed by atoms with Gasteiger partial charge in [-0.1, -0.05) is 0 Å². The lowest BCUT2D eigenvalue weighted by atomic mass is 10.0. The van der Waals surface area contributed by atoms with Crippen molar-refractivity contribution in [1.29, 1.82) is 0 Å². The first-order chi connectivity index (χ1) is 9.18. The van der Waals surface area contributed by atoms with E-state index in [1.807, 2.05) is 0 Å². The Hall–Kier alpha value is -1.14. The molecule has 19 heavy (non-hydrogen) atoms. The number of amides is 1. The number of hydrogen-bond acceptors (Lipinski definition) is 4. The molecule has 0 aliphatic carbocycles. The highest BCUT2D eigenvalue weighted by Gasteiger charge is 2.31. The van der Waals surface area contributed by atoms with Gasteiger partial charge in [-0.25, -0.2) is 4.79 Å². The molecule has 2 saturated heterocycles. The molecule has 2 atom stereocenters. The molecule has 0 aromatic heterocycles. The third-order valence-electron chi connectivity index (χ3n) is 3.66. The van der Waals surface area contributed by atoms with Crippen molar-refractivity contribution in [2.24, 2.45) is 0 Å². The largest absolute Gasteiger partial charge is 0.480 e. The Morgan fingerprint density at radius 1 is 1.26 bits per heavy atom. The lowest BCUT2D eigenvalue weighted by Gasteiger charge is -2.32. The minimum atomic E-state index is -0.924. The van der Waals surface area contributed by atoms with Gasteiger partial charge in [-0.3, -0.25) is 4.79 Å². The van der Waals surface area contributed by atoms with E-state index in [4.69, 9.17) is 14.6 Å². The summed E-state index contributed by atoms with van der Waals surface area (Å²) in [5.74, 6) is -1.16. The van der Waals surface area contributed by atoms with Gasteiger partial charge in [0.2, 0.25) is 5.91 Å². The summed E-state index contributed by atoms with van der Waals surface area (Å²) in [6.07, 6.45) is 4.35. The number of nitrogens with zero attached hydrogens (tertiary/aromatic N) is 1. The Labute approximate surface area is 112 Å². The Morgan fingerprint density at radius 3 is 2.79 bits per heavy atom. The second-order valence-corrected chi connectivity index (χ2v) is 5.09. The van der Waals surface area contributed by atoms with Crippen LogP contribution in [0.25, 0.3) is 0 Å². The number of rotatable bonds is 5. The molecule has 108 valence electrons. The van der Waals surface area contributed by atoms with E-state index < -0.39 is 12.0 Å². The van der Waals surface area contributed by atoms with Gasteiger partial charge in [-0.15, -0.1) is 0 Å². The summed E-state index contributed by atoms with van der Waals surface area (Å²) in [6, 6.07) is -0.687. The van der Waals surface area contributed by atoms with E-state index in [0.717, 1.165) is 32.3 Å². The van der Waals surface area contributed by atoms with Crippen LogP contribution in [0.15, 0.2) is 0 Å². The number of carbonyl (C=O) groups excluding carboxylic acids is 1. The summed E-state index contributed by atoms with van der Waals surface area (Å²) in [4.78, 5) is 24.5. The number of piperidine rings is 1. The van der Waals surface area contributed by atoms with Crippen LogP contribution in [0, 0.1) is 0 Å². The molecule has 0 spiro atoms. The molecule has 2 fully saturated rings. The molecule has 0 saturated carbocycles. The second-order valence-electron chi connectivity index (χ2n) is 5.09. The van der Waals surface area contributed by atoms with Crippen molar-refractivity contribution >= 4 is 11.9 Å². The summed E-state index contributed by atoms with van der Waals surface area (Å²) < 4.78 is 10.7. The number of carboxylic acids is 1. The van der Waals surface area contributed by atoms with Gasteiger partial charge in [0.15, 0.2) is 0 Å². The summed E-state index contributed by atoms with van der Waals surface area (Å²) >= 11 is 0. The molecule has 1 N–H and O–H groups in total. The summed E-state index contributed by atoms with van der Waals surface area (Å²) in [6.45, 7) is 1.63. The zero-order chi connectivity index (χ0) is 13.7. The molecular formula is C13H21NO5. The van der Waals surface area contributed by atoms with Crippen LogP contribution in [0.1, 0.15) is 32.1 Å². The lowest BCUT2D eigenvalue weighted by molar-refractivity contribution is -0.154. The molecule has 6 heteroatoms. The predicted molar refractivity (Wildman–Crippen MR) is 66.8 cm³/mol. The monoisotopic (exact) mass is 271 g/mol. The van der Waals surface area contributed by atoms with E-state index in [-0.39, 0.29) is 18.6 Å². The summed E-state index contributed by atoms with van der Waals surface area (Å²) in [5.41, 5.74) is 0. The third-order valence-corrected chi connectivity index (χ3v) is 3.66. The molecule has 1 amide bonds. The highest BCUT2D eigenvalue weighted by Crippen LogP contribution is 2.17. The van der Waals surface area contributed by atoms with Crippen LogP contribution in [0.4, 0.5) is 0 Å². The highest BCUT2D eigenvalue weighted by atomic mass is 16.5. The Balaban J connectivity index is 1.75. The van der Waals surface area contributed by atoms with Crippen molar-refractivity contribution in [3.63, 3.8) is 0 Å². The van der Waals surface area contributed by atoms with E-state index >= 15 is 0 Å². The van der Waals surface area contributed by atoms with Gasteiger partial charge in [-0.2, -0.15) is 0 Å². The first kappa shape index (κ1) is 14.3. The third kappa shape index (κ3) is 3.91. The number of aliphatic carboxylic acids is 1. The van der Waals surface area contributed by atoms with Gasteiger partial charge in [0, 0.05) is 13.2 Å². The maximum absolute atomic E-state index is 12.0. The fraction of sp³-hybridized carbons (Fsp3) is 0.846. The normalized spacial score (nSPS) is 27.5. The maximum atomic E-state index is 12.0. The zero-order valence-corrected chi connectivity index (χ0v) is 11.0. The molecule has 0 aromatic carbocycles. The van der Waals surface area contributed by atoms with Gasteiger partial charge in [0.05, 0.1) is 12.7 Å². The SMILES string of the molecule is O=C(O)[C@@H]1CCCCN1C(=O)COC[C@H]1CCCO1. The van der Waals surface area contributed by atoms with Crippen LogP contribution in [-0.2, 0) is 19.1 Å². The van der Waals surface area contributed by atoms with Gasteiger partial charge >= 0.3 is 5.97 Å². The standard InChI is InChI=1S/C13H21NO5/c15-12(9-18-8-10-4-3-7-19-10)14-6-2-1-5-11(14)13(16)17/h10-11H,1-9H2,(H,16,17)/t10-,11+/m1/s1. The van der Waals surface area contributed by atoms with Crippen LogP contribution >= 0.6 is 0 Å². The Bertz CT molecular complexity index is 327. The van der Waals surface area contributed by atoms with Crippen molar-refractivity contribution < 1.29 is 24.2 Å². The first-order valence-electron chi connectivity index (χ1n) is 6.90. The number of carboxylic acid groups (broad SMARTS) is 1. The summed E-state index contributed by atoms with van der Waals surface area (Å²) in [7, 11) is 0. The number of hydrogen-bond donors (Lipinski definition) is 1. The average Bonchev–Trinajstić information content (AvgIpc) is 2.91. The number of likely N-dealkylation sites (tertiary alicyclic amines) is 1. The molecule has 6 nitrogen and oxygen atoms in total. The van der Waals surface area contributed by atoms with Gasteiger partial charge in [-0.05, 0) is 32.1 Å². The number of carbonyl (C=O) groups is 2. The zero-order valence-electron chi connectivity index (χ0n) is 11.0. The van der Waals surface area contributed by atoms with E-state index in [0.29, 0.717) is 19.6 Å². The van der Waals surface area contributed by atoms with Crippen molar-refractivity contribution in [2.75, 3.05) is 26.4 Å². The topological polar surface area (TPSA) is 76.1 Å². The van der Waals surface area contributed by atoms with Crippen LogP contribution in [-0.4, -0.2) is 60.4 Å². The molecule has 0 aromatic rings. The van der Waals surface area contributed by atoms with E-state index in [9.17, 15) is 9.59 Å². The molecule has 0 radical (unpaired) electrons. The minimum absolute atomic E-state index is 0.0519. The molecule has 2 rings (SSSR count). The van der Waals surface area contributed by atoms with Crippen LogP contribution in [0.2, 0.25) is 0 Å². The fourth-order valence-corrected chi connectivity index (χ4v) is 2.62. The van der Waals surface area contributed by atoms with Crippen molar-refractivity contribution in [3.8, 4) is 0 Å². The molecule has 0 unspecified atom stereocenters. The van der Waals surface area contributed by atoms with Crippen LogP contribution < -0.4 is 0 Å². The second kappa shape index (κ2) is 6.86. The Kier molecular flexibility index (Phi) is 5.15. The predicted octanol–water partition coefficient (Wildman–Crippen LogP) is 0.648. The fourth-order valence-electron chi connectivity index (χ4n) is 2.62. The average molecular weight is 271 g/mol. The molecule has 0 bridgehead atoms. The van der Waals surface area contributed by atoms with Gasteiger partial charge in [0.1, 0.15) is 12.6 Å². The van der Waals surface area contributed by atoms with Crippen molar-refractivity contribution in [2.45, 2.75) is 44.2 Å². The number of ether oxygens (including phenoxy) is 2. The molecular weight excluding hydrogens is 250 g/mol. The molecule has 2 aliphatic rings. The van der Waals surface area contributed by atoms with Gasteiger partial charge in [0.25, 0.3) is 0 Å². The summed E-state index contributed by atoms with van der Waals surface area (Å²) in [5, 5.41) is 9.10. The Morgan fingerprint density at radius 2 is 2.11 bits per heavy atom. The first-order valence-corrected chi connectivity index (χ1v) is 6.90. The van der Waals surface area contributed by atoms with Crippen molar-refractivity contribution in [1.82, 2.24) is 4.90 Å². The van der Waals surface area contributed by atoms with Crippen LogP contribution in [0.3, 0.4) is 0 Å². The van der Waals surface area contributed by atoms with Crippen molar-refractivity contribution in [3.05, 3.63) is 0 Å².